The third-order valence-electron chi connectivity index (χ3n) is 4.01. The molecule has 0 fully saturated rings. The van der Waals surface area contributed by atoms with Gasteiger partial charge in [0.25, 0.3) is 0 Å². The number of halogens is 2. The van der Waals surface area contributed by atoms with Gasteiger partial charge in [0.2, 0.25) is 0 Å². The Morgan fingerprint density at radius 2 is 1.42 bits per heavy atom. The summed E-state index contributed by atoms with van der Waals surface area (Å²) in [7, 11) is 0. The number of nitrogens with zero attached hydrogens (tertiary/aromatic N) is 1. The van der Waals surface area contributed by atoms with Gasteiger partial charge in [-0.3, -0.25) is 0 Å². The minimum Gasteiger partial charge on any atom is -0.248 e. The van der Waals surface area contributed by atoms with Crippen molar-refractivity contribution in [2.75, 3.05) is 0 Å². The normalized spacial score (nSPS) is 10.9. The van der Waals surface area contributed by atoms with E-state index in [2.05, 4.69) is 24.3 Å². The van der Waals surface area contributed by atoms with E-state index in [0.29, 0.717) is 10.0 Å². The Morgan fingerprint density at radius 3 is 2.21 bits per heavy atom. The van der Waals surface area contributed by atoms with Crippen molar-refractivity contribution in [3.8, 4) is 22.4 Å². The third kappa shape index (κ3) is 2.77. The van der Waals surface area contributed by atoms with Crippen LogP contribution >= 0.6 is 23.2 Å². The van der Waals surface area contributed by atoms with Gasteiger partial charge in [-0.05, 0) is 41.5 Å². The van der Waals surface area contributed by atoms with Crippen LogP contribution in [0.1, 0.15) is 0 Å². The average molecular weight is 350 g/mol. The summed E-state index contributed by atoms with van der Waals surface area (Å²) < 4.78 is 0. The Balaban J connectivity index is 2.01. The van der Waals surface area contributed by atoms with E-state index >= 15 is 0 Å². The first-order valence-electron chi connectivity index (χ1n) is 7.63. The van der Waals surface area contributed by atoms with E-state index in [-0.39, 0.29) is 0 Å². The number of fused-ring (bicyclic) bond motifs is 1. The quantitative estimate of drug-likeness (QED) is 0.384. The lowest BCUT2D eigenvalue weighted by atomic mass is 9.98. The molecule has 3 aromatic carbocycles. The Bertz CT molecular complexity index is 1030. The molecule has 3 heteroatoms. The van der Waals surface area contributed by atoms with E-state index in [1.165, 1.54) is 0 Å². The molecule has 0 spiro atoms. The maximum absolute atomic E-state index is 6.39. The SMILES string of the molecule is Clc1ccc(-c2cc(-c3ccccc3)c3ccccc3n2)c(Cl)c1. The van der Waals surface area contributed by atoms with Crippen molar-refractivity contribution in [3.63, 3.8) is 0 Å². The van der Waals surface area contributed by atoms with Crippen molar-refractivity contribution in [1.29, 1.82) is 0 Å². The van der Waals surface area contributed by atoms with Crippen LogP contribution in [-0.4, -0.2) is 4.98 Å². The minimum absolute atomic E-state index is 0.601. The lowest BCUT2D eigenvalue weighted by Crippen LogP contribution is -1.90. The maximum Gasteiger partial charge on any atom is 0.0730 e. The van der Waals surface area contributed by atoms with Crippen LogP contribution < -0.4 is 0 Å². The second kappa shape index (κ2) is 6.27. The Labute approximate surface area is 150 Å². The van der Waals surface area contributed by atoms with E-state index < -0.39 is 0 Å². The summed E-state index contributed by atoms with van der Waals surface area (Å²) in [6.45, 7) is 0. The average Bonchev–Trinajstić information content (AvgIpc) is 2.61. The summed E-state index contributed by atoms with van der Waals surface area (Å²) in [5, 5.41) is 2.34. The standard InChI is InChI=1S/C21H13Cl2N/c22-15-10-11-17(19(23)12-15)21-13-18(14-6-2-1-3-7-14)16-8-4-5-9-20(16)24-21/h1-13H. The fourth-order valence-corrected chi connectivity index (χ4v) is 3.37. The highest BCUT2D eigenvalue weighted by Gasteiger charge is 2.11. The van der Waals surface area contributed by atoms with Crippen molar-refractivity contribution in [3.05, 3.63) is 88.9 Å². The zero-order valence-electron chi connectivity index (χ0n) is 12.7. The largest absolute Gasteiger partial charge is 0.248 e. The smallest absolute Gasteiger partial charge is 0.0730 e. The maximum atomic E-state index is 6.39. The number of para-hydroxylation sites is 1. The van der Waals surface area contributed by atoms with Crippen LogP contribution in [0.5, 0.6) is 0 Å². The minimum atomic E-state index is 0.601. The van der Waals surface area contributed by atoms with E-state index in [1.54, 1.807) is 6.07 Å². The van der Waals surface area contributed by atoms with Crippen LogP contribution in [0.15, 0.2) is 78.9 Å². The fourth-order valence-electron chi connectivity index (χ4n) is 2.87. The van der Waals surface area contributed by atoms with Gasteiger partial charge in [-0.25, -0.2) is 4.98 Å². The van der Waals surface area contributed by atoms with Crippen molar-refractivity contribution < 1.29 is 0 Å². The van der Waals surface area contributed by atoms with Crippen LogP contribution in [-0.2, 0) is 0 Å². The van der Waals surface area contributed by atoms with Gasteiger partial charge in [-0.1, -0.05) is 71.7 Å². The summed E-state index contributed by atoms with van der Waals surface area (Å²) in [6, 6.07) is 26.0. The molecule has 0 bridgehead atoms. The molecule has 4 aromatic rings. The van der Waals surface area contributed by atoms with Crippen LogP contribution in [0.3, 0.4) is 0 Å². The number of pyridine rings is 1. The van der Waals surface area contributed by atoms with Crippen molar-refractivity contribution in [2.45, 2.75) is 0 Å². The molecule has 0 N–H and O–H groups in total. The van der Waals surface area contributed by atoms with Crippen LogP contribution in [0.4, 0.5) is 0 Å². The van der Waals surface area contributed by atoms with Crippen molar-refractivity contribution in [1.82, 2.24) is 4.98 Å². The molecule has 0 aliphatic rings. The number of aromatic nitrogens is 1. The third-order valence-corrected chi connectivity index (χ3v) is 4.56. The molecule has 1 aromatic heterocycles. The zero-order chi connectivity index (χ0) is 16.5. The predicted molar refractivity (Wildman–Crippen MR) is 103 cm³/mol. The van der Waals surface area contributed by atoms with E-state index in [9.17, 15) is 0 Å². The highest BCUT2D eigenvalue weighted by Crippen LogP contribution is 2.35. The Hall–Kier alpha value is -2.35. The fraction of sp³-hybridized carbons (Fsp3) is 0. The predicted octanol–water partition coefficient (Wildman–Crippen LogP) is 6.88. The molecule has 0 amide bonds. The molecule has 0 saturated heterocycles. The first-order valence-corrected chi connectivity index (χ1v) is 8.38. The molecule has 0 unspecified atom stereocenters. The van der Waals surface area contributed by atoms with Crippen LogP contribution in [0.25, 0.3) is 33.3 Å². The summed E-state index contributed by atoms with van der Waals surface area (Å²) in [5.74, 6) is 0. The summed E-state index contributed by atoms with van der Waals surface area (Å²) in [6.07, 6.45) is 0. The van der Waals surface area contributed by atoms with Gasteiger partial charge in [-0.15, -0.1) is 0 Å². The molecule has 0 saturated carbocycles. The second-order valence-corrected chi connectivity index (χ2v) is 6.41. The van der Waals surface area contributed by atoms with Gasteiger partial charge >= 0.3 is 0 Å². The summed E-state index contributed by atoms with van der Waals surface area (Å²) in [5.41, 5.74) is 4.96. The van der Waals surface area contributed by atoms with E-state index in [1.807, 2.05) is 48.5 Å². The molecule has 0 atom stereocenters. The van der Waals surface area contributed by atoms with Gasteiger partial charge in [0, 0.05) is 16.0 Å². The number of hydrogen-bond acceptors (Lipinski definition) is 1. The molecular weight excluding hydrogens is 337 g/mol. The topological polar surface area (TPSA) is 12.9 Å². The molecule has 0 aliphatic carbocycles. The molecule has 1 heterocycles. The van der Waals surface area contributed by atoms with E-state index in [4.69, 9.17) is 28.2 Å². The summed E-state index contributed by atoms with van der Waals surface area (Å²) >= 11 is 12.4. The molecule has 0 aliphatic heterocycles. The van der Waals surface area contributed by atoms with Crippen molar-refractivity contribution in [2.24, 2.45) is 0 Å². The molecule has 0 radical (unpaired) electrons. The first-order chi connectivity index (χ1) is 11.7. The van der Waals surface area contributed by atoms with Gasteiger partial charge in [0.05, 0.1) is 16.2 Å². The lowest BCUT2D eigenvalue weighted by Gasteiger charge is -2.11. The van der Waals surface area contributed by atoms with Gasteiger partial charge in [0.1, 0.15) is 0 Å². The molecule has 4 rings (SSSR count). The monoisotopic (exact) mass is 349 g/mol. The highest BCUT2D eigenvalue weighted by molar-refractivity contribution is 6.36. The molecule has 24 heavy (non-hydrogen) atoms. The van der Waals surface area contributed by atoms with Gasteiger partial charge in [-0.2, -0.15) is 0 Å². The Morgan fingerprint density at radius 1 is 0.667 bits per heavy atom. The zero-order valence-corrected chi connectivity index (χ0v) is 14.2. The van der Waals surface area contributed by atoms with Crippen molar-refractivity contribution >= 4 is 34.1 Å². The summed E-state index contributed by atoms with van der Waals surface area (Å²) in [4.78, 5) is 4.79. The number of benzene rings is 3. The number of hydrogen-bond donors (Lipinski definition) is 0. The molecule has 1 nitrogen and oxygen atoms in total. The van der Waals surface area contributed by atoms with Gasteiger partial charge < -0.3 is 0 Å². The Kier molecular flexibility index (Phi) is 3.97. The van der Waals surface area contributed by atoms with E-state index in [0.717, 1.165) is 33.3 Å². The molecule has 116 valence electrons. The lowest BCUT2D eigenvalue weighted by molar-refractivity contribution is 1.40. The first kappa shape index (κ1) is 15.2. The highest BCUT2D eigenvalue weighted by atomic mass is 35.5. The second-order valence-electron chi connectivity index (χ2n) is 5.56. The van der Waals surface area contributed by atoms with Crippen LogP contribution in [0.2, 0.25) is 10.0 Å². The van der Waals surface area contributed by atoms with Gasteiger partial charge in [0.15, 0.2) is 0 Å². The molecular formula is C21H13Cl2N. The number of rotatable bonds is 2. The van der Waals surface area contributed by atoms with Crippen LogP contribution in [0, 0.1) is 0 Å².